The molecule has 0 fully saturated rings. The van der Waals surface area contributed by atoms with Gasteiger partial charge in [0.1, 0.15) is 30.5 Å². The number of carbonyl (C=O) groups excluding carboxylic acids is 2. The van der Waals surface area contributed by atoms with Crippen molar-refractivity contribution >= 4 is 11.8 Å². The molecular weight excluding hydrogens is 534 g/mol. The van der Waals surface area contributed by atoms with Gasteiger partial charge in [0.05, 0.1) is 18.7 Å². The van der Waals surface area contributed by atoms with E-state index in [1.807, 2.05) is 6.07 Å². The average molecular weight is 565 g/mol. The van der Waals surface area contributed by atoms with Crippen LogP contribution in [0.25, 0.3) is 0 Å². The lowest BCUT2D eigenvalue weighted by molar-refractivity contribution is 0.0563. The van der Waals surface area contributed by atoms with E-state index in [9.17, 15) is 28.3 Å². The number of amides is 2. The smallest absolute Gasteiger partial charge is 0.278 e. The minimum absolute atomic E-state index is 0.0190. The summed E-state index contributed by atoms with van der Waals surface area (Å²) in [5, 5.41) is 14.1. The van der Waals surface area contributed by atoms with Gasteiger partial charge in [0.2, 0.25) is 5.43 Å². The summed E-state index contributed by atoms with van der Waals surface area (Å²) in [4.78, 5) is 42.1. The number of hydrogen-bond acceptors (Lipinski definition) is 6. The molecule has 1 aliphatic rings. The van der Waals surface area contributed by atoms with E-state index in [0.717, 1.165) is 6.07 Å². The Labute approximate surface area is 235 Å². The number of ether oxygens (including phenoxy) is 1. The predicted molar refractivity (Wildman–Crippen MR) is 149 cm³/mol. The molecule has 41 heavy (non-hydrogen) atoms. The van der Waals surface area contributed by atoms with Crippen molar-refractivity contribution in [2.24, 2.45) is 0 Å². The van der Waals surface area contributed by atoms with Crippen molar-refractivity contribution in [1.82, 2.24) is 14.9 Å². The Kier molecular flexibility index (Phi) is 8.98. The van der Waals surface area contributed by atoms with Crippen LogP contribution in [-0.2, 0) is 13.2 Å². The van der Waals surface area contributed by atoms with Crippen molar-refractivity contribution in [2.45, 2.75) is 32.2 Å². The number of nitrogens with zero attached hydrogens (tertiary/aromatic N) is 3. The summed E-state index contributed by atoms with van der Waals surface area (Å²) in [6, 6.07) is 10.7. The molecular formula is C30H30F2N4O5. The predicted octanol–water partition coefficient (Wildman–Crippen LogP) is 3.11. The zero-order valence-corrected chi connectivity index (χ0v) is 22.4. The summed E-state index contributed by atoms with van der Waals surface area (Å²) in [5.41, 5.74) is -0.630. The van der Waals surface area contributed by atoms with Crippen molar-refractivity contribution in [3.05, 3.63) is 124 Å². The van der Waals surface area contributed by atoms with E-state index in [4.69, 9.17) is 4.74 Å². The second kappa shape index (κ2) is 12.6. The third kappa shape index (κ3) is 6.04. The summed E-state index contributed by atoms with van der Waals surface area (Å²) in [5.74, 6) is -3.44. The second-order valence-electron chi connectivity index (χ2n) is 9.40. The van der Waals surface area contributed by atoms with E-state index in [1.165, 1.54) is 27.9 Å². The molecule has 0 bridgehead atoms. The first-order chi connectivity index (χ1) is 19.7. The van der Waals surface area contributed by atoms with Crippen LogP contribution in [0.2, 0.25) is 0 Å². The summed E-state index contributed by atoms with van der Waals surface area (Å²) in [7, 11) is 0. The van der Waals surface area contributed by atoms with E-state index in [0.29, 0.717) is 11.6 Å². The van der Waals surface area contributed by atoms with Gasteiger partial charge in [0.15, 0.2) is 11.4 Å². The number of aromatic nitrogens is 1. The van der Waals surface area contributed by atoms with Crippen molar-refractivity contribution in [1.29, 1.82) is 0 Å². The Balaban J connectivity index is 1.82. The van der Waals surface area contributed by atoms with E-state index in [1.54, 1.807) is 42.3 Å². The number of aliphatic hydroxyl groups excluding tert-OH is 1. The molecule has 2 aromatic carbocycles. The zero-order chi connectivity index (χ0) is 29.7. The molecule has 2 atom stereocenters. The first-order valence-corrected chi connectivity index (χ1v) is 12.8. The van der Waals surface area contributed by atoms with Gasteiger partial charge in [-0.05, 0) is 18.6 Å². The van der Waals surface area contributed by atoms with Gasteiger partial charge in [-0.15, -0.1) is 13.2 Å². The first-order valence-electron chi connectivity index (χ1n) is 12.8. The highest BCUT2D eigenvalue weighted by Gasteiger charge is 2.38. The Morgan fingerprint density at radius 3 is 2.51 bits per heavy atom. The summed E-state index contributed by atoms with van der Waals surface area (Å²) in [6.45, 7) is 8.50. The molecule has 0 aliphatic carbocycles. The lowest BCUT2D eigenvalue weighted by atomic mass is 10.1. The zero-order valence-electron chi connectivity index (χ0n) is 22.4. The normalized spacial score (nSPS) is 14.2. The van der Waals surface area contributed by atoms with E-state index < -0.39 is 47.6 Å². The van der Waals surface area contributed by atoms with Gasteiger partial charge in [-0.3, -0.25) is 24.1 Å². The van der Waals surface area contributed by atoms with Gasteiger partial charge in [-0.25, -0.2) is 8.78 Å². The largest absolute Gasteiger partial charge is 0.482 e. The highest BCUT2D eigenvalue weighted by atomic mass is 19.1. The molecule has 4 rings (SSSR count). The average Bonchev–Trinajstić information content (AvgIpc) is 2.97. The van der Waals surface area contributed by atoms with Crippen LogP contribution >= 0.6 is 0 Å². The van der Waals surface area contributed by atoms with Crippen LogP contribution < -0.4 is 20.5 Å². The molecule has 2 N–H and O–H groups in total. The molecule has 3 aromatic rings. The molecule has 1 aromatic heterocycles. The molecule has 0 saturated carbocycles. The highest BCUT2D eigenvalue weighted by Crippen LogP contribution is 2.26. The van der Waals surface area contributed by atoms with Crippen LogP contribution in [0.1, 0.15) is 38.9 Å². The van der Waals surface area contributed by atoms with Gasteiger partial charge in [0.25, 0.3) is 11.8 Å². The fourth-order valence-electron chi connectivity index (χ4n) is 4.37. The fraction of sp³-hybridized carbons (Fsp3) is 0.233. The van der Waals surface area contributed by atoms with E-state index in [-0.39, 0.29) is 42.4 Å². The number of rotatable bonds is 11. The van der Waals surface area contributed by atoms with Gasteiger partial charge in [-0.1, -0.05) is 48.6 Å². The molecule has 9 nitrogen and oxygen atoms in total. The number of fused-ring (bicyclic) bond motifs is 1. The van der Waals surface area contributed by atoms with Crippen molar-refractivity contribution < 1.29 is 28.2 Å². The maximum atomic E-state index is 14.2. The first kappa shape index (κ1) is 29.2. The number of pyridine rings is 1. The molecule has 2 amide bonds. The number of halogens is 2. The third-order valence-corrected chi connectivity index (χ3v) is 6.78. The molecule has 11 heteroatoms. The number of hydrogen-bond donors (Lipinski definition) is 2. The quantitative estimate of drug-likeness (QED) is 0.347. The number of benzene rings is 2. The lowest BCUT2D eigenvalue weighted by Gasteiger charge is -2.44. The van der Waals surface area contributed by atoms with Crippen molar-refractivity contribution in [2.75, 3.05) is 18.3 Å². The Hall–Kier alpha value is -4.77. The molecule has 0 saturated heterocycles. The third-order valence-electron chi connectivity index (χ3n) is 6.78. The van der Waals surface area contributed by atoms with Gasteiger partial charge >= 0.3 is 0 Å². The Morgan fingerprint density at radius 2 is 1.88 bits per heavy atom. The van der Waals surface area contributed by atoms with Gasteiger partial charge in [-0.2, -0.15) is 0 Å². The molecule has 214 valence electrons. The molecule has 2 heterocycles. The summed E-state index contributed by atoms with van der Waals surface area (Å²) < 4.78 is 34.8. The molecule has 0 radical (unpaired) electrons. The van der Waals surface area contributed by atoms with Crippen LogP contribution in [0.4, 0.5) is 8.78 Å². The van der Waals surface area contributed by atoms with Crippen LogP contribution in [0, 0.1) is 11.6 Å². The molecule has 1 unspecified atom stereocenters. The molecule has 1 aliphatic heterocycles. The van der Waals surface area contributed by atoms with E-state index >= 15 is 0 Å². The van der Waals surface area contributed by atoms with Crippen LogP contribution in [0.5, 0.6) is 5.75 Å². The fourth-order valence-corrected chi connectivity index (χ4v) is 4.37. The SMILES string of the molecule is C=CC(C)N1CN([C@H](C=C)CO)C(=O)c2c(OCc3ccccc3)c(=O)c(C(=O)NCc3ccc(F)cc3F)cn21. The second-order valence-corrected chi connectivity index (χ2v) is 9.40. The number of nitrogens with one attached hydrogen (secondary N) is 1. The summed E-state index contributed by atoms with van der Waals surface area (Å²) >= 11 is 0. The van der Waals surface area contributed by atoms with Crippen molar-refractivity contribution in [3.8, 4) is 5.75 Å². The Morgan fingerprint density at radius 1 is 1.15 bits per heavy atom. The summed E-state index contributed by atoms with van der Waals surface area (Å²) in [6.07, 6.45) is 4.25. The van der Waals surface area contributed by atoms with Gasteiger partial charge < -0.3 is 20.1 Å². The lowest BCUT2D eigenvalue weighted by Crippen LogP contribution is -2.60. The van der Waals surface area contributed by atoms with Crippen molar-refractivity contribution in [3.63, 3.8) is 0 Å². The Bertz CT molecular complexity index is 1530. The maximum Gasteiger partial charge on any atom is 0.278 e. The van der Waals surface area contributed by atoms with Crippen LogP contribution in [0.3, 0.4) is 0 Å². The van der Waals surface area contributed by atoms with E-state index in [2.05, 4.69) is 18.5 Å². The maximum absolute atomic E-state index is 14.2. The number of carbonyl (C=O) groups is 2. The monoisotopic (exact) mass is 564 g/mol. The van der Waals surface area contributed by atoms with Crippen LogP contribution in [0.15, 0.2) is 84.8 Å². The topological polar surface area (TPSA) is 104 Å². The molecule has 0 spiro atoms. The number of aliphatic hydroxyl groups is 1. The standard InChI is InChI=1S/C30H30F2N4O5/c1-4-19(3)36-18-34(23(5-2)16-37)30(40)26-28(41-17-20-9-7-6-8-10-20)27(38)24(15-35(26)36)29(39)33-14-21-11-12-22(31)13-25(21)32/h4-13,15,19,23,37H,1-2,14,16-18H2,3H3,(H,33,39)/t19?,23-/m1/s1. The minimum Gasteiger partial charge on any atom is -0.482 e. The highest BCUT2D eigenvalue weighted by molar-refractivity contribution is 5.99. The van der Waals surface area contributed by atoms with Crippen LogP contribution in [-0.4, -0.2) is 51.9 Å². The van der Waals surface area contributed by atoms with Gasteiger partial charge in [0, 0.05) is 24.4 Å². The minimum atomic E-state index is -0.857.